The van der Waals surface area contributed by atoms with E-state index >= 15 is 0 Å². The monoisotopic (exact) mass is 498 g/mol. The van der Waals surface area contributed by atoms with Crippen molar-refractivity contribution in [2.45, 2.75) is 31.5 Å². The summed E-state index contributed by atoms with van der Waals surface area (Å²) in [4.78, 5) is 12.1. The van der Waals surface area contributed by atoms with Crippen LogP contribution >= 0.6 is 0 Å². The zero-order valence-electron chi connectivity index (χ0n) is 18.5. The maximum absolute atomic E-state index is 13.7. The first-order valence-corrected chi connectivity index (χ1v) is 11.5. The number of benzene rings is 2. The minimum absolute atomic E-state index is 0.185. The smallest absolute Gasteiger partial charge is 0.351 e. The van der Waals surface area contributed by atoms with Crippen molar-refractivity contribution in [1.29, 1.82) is 0 Å². The van der Waals surface area contributed by atoms with Crippen LogP contribution in [0.3, 0.4) is 0 Å². The first kappa shape index (κ1) is 25.4. The Kier molecular flexibility index (Phi) is 7.13. The quantitative estimate of drug-likeness (QED) is 0.505. The summed E-state index contributed by atoms with van der Waals surface area (Å²) in [6.45, 7) is 2.35. The number of carbonyl (C=O) groups is 1. The molecule has 1 aromatic heterocycles. The summed E-state index contributed by atoms with van der Waals surface area (Å²) < 4.78 is 81.3. The molecule has 12 heteroatoms. The minimum Gasteiger partial charge on any atom is -0.351 e. The van der Waals surface area contributed by atoms with Gasteiger partial charge >= 0.3 is 6.18 Å². The number of alkyl halides is 3. The van der Waals surface area contributed by atoms with Gasteiger partial charge in [0.1, 0.15) is 5.82 Å². The number of likely N-dealkylation sites (N-methyl/N-ethyl adjacent to an activating group) is 1. The molecule has 34 heavy (non-hydrogen) atoms. The number of aryl methyl sites for hydroxylation is 2. The fraction of sp³-hybridized carbons (Fsp3) is 0.273. The molecule has 1 heterocycles. The largest absolute Gasteiger partial charge is 0.416 e. The highest BCUT2D eigenvalue weighted by Crippen LogP contribution is 2.33. The van der Waals surface area contributed by atoms with Crippen LogP contribution in [-0.4, -0.2) is 42.0 Å². The normalized spacial score (nSPS) is 12.2. The van der Waals surface area contributed by atoms with Gasteiger partial charge in [0.15, 0.2) is 0 Å². The van der Waals surface area contributed by atoms with Crippen LogP contribution in [0.15, 0.2) is 53.4 Å². The number of carbonyl (C=O) groups excluding carboxylic acids is 1. The molecule has 0 radical (unpaired) electrons. The summed E-state index contributed by atoms with van der Waals surface area (Å²) >= 11 is 0. The van der Waals surface area contributed by atoms with Crippen molar-refractivity contribution in [1.82, 2.24) is 19.4 Å². The van der Waals surface area contributed by atoms with Gasteiger partial charge in [-0.1, -0.05) is 6.07 Å². The van der Waals surface area contributed by atoms with Crippen LogP contribution in [0.5, 0.6) is 0 Å². The van der Waals surface area contributed by atoms with E-state index in [4.69, 9.17) is 0 Å². The number of halogens is 4. The van der Waals surface area contributed by atoms with Gasteiger partial charge in [0.2, 0.25) is 15.9 Å². The Hall–Kier alpha value is -3.25. The molecule has 1 amide bonds. The molecule has 0 unspecified atom stereocenters. The van der Waals surface area contributed by atoms with E-state index in [-0.39, 0.29) is 16.1 Å². The number of nitrogens with one attached hydrogen (secondary N) is 1. The molecule has 1 N–H and O–H groups in total. The molecular weight excluding hydrogens is 476 g/mol. The fourth-order valence-corrected chi connectivity index (χ4v) is 4.46. The van der Waals surface area contributed by atoms with Crippen molar-refractivity contribution in [2.24, 2.45) is 0 Å². The molecule has 0 aliphatic rings. The Morgan fingerprint density at radius 3 is 2.29 bits per heavy atom. The zero-order valence-corrected chi connectivity index (χ0v) is 19.3. The Labute approximate surface area is 194 Å². The van der Waals surface area contributed by atoms with Crippen molar-refractivity contribution in [3.63, 3.8) is 0 Å². The van der Waals surface area contributed by atoms with Crippen molar-refractivity contribution in [3.8, 4) is 5.69 Å². The maximum Gasteiger partial charge on any atom is 0.416 e. The highest BCUT2D eigenvalue weighted by atomic mass is 32.2. The summed E-state index contributed by atoms with van der Waals surface area (Å²) in [6.07, 6.45) is -4.69. The average Bonchev–Trinajstić information content (AvgIpc) is 3.09. The number of rotatable bonds is 7. The molecule has 0 atom stereocenters. The SMILES string of the molecule is Cc1cc(C)n(-c2ccc(CNC(=O)CN(C)S(=O)(=O)c3ccc(F)cc3)c(C(F)(F)F)c2)n1. The molecule has 7 nitrogen and oxygen atoms in total. The lowest BCUT2D eigenvalue weighted by molar-refractivity contribution is -0.138. The zero-order chi connectivity index (χ0) is 25.3. The molecule has 0 aliphatic heterocycles. The standard InChI is InChI=1S/C22H22F4N4O3S/c1-14-10-15(2)30(28-14)18-7-4-16(20(11-18)22(24,25)26)12-27-21(31)13-29(3)34(32,33)19-8-5-17(23)6-9-19/h4-11H,12-13H2,1-3H3,(H,27,31). The van der Waals surface area contributed by atoms with Crippen molar-refractivity contribution < 1.29 is 30.8 Å². The number of hydrogen-bond acceptors (Lipinski definition) is 4. The molecule has 0 aliphatic carbocycles. The van der Waals surface area contributed by atoms with E-state index in [9.17, 15) is 30.8 Å². The summed E-state index contributed by atoms with van der Waals surface area (Å²) in [5, 5.41) is 6.51. The number of aromatic nitrogens is 2. The van der Waals surface area contributed by atoms with Crippen LogP contribution in [0.1, 0.15) is 22.5 Å². The number of amides is 1. The first-order valence-electron chi connectivity index (χ1n) is 10.0. The molecule has 0 fully saturated rings. The predicted molar refractivity (Wildman–Crippen MR) is 116 cm³/mol. The van der Waals surface area contributed by atoms with Gasteiger partial charge in [-0.15, -0.1) is 0 Å². The molecule has 3 rings (SSSR count). The number of sulfonamides is 1. The molecule has 0 bridgehead atoms. The topological polar surface area (TPSA) is 84.3 Å². The summed E-state index contributed by atoms with van der Waals surface area (Å²) in [6, 6.07) is 9.43. The molecule has 3 aromatic rings. The second-order valence-electron chi connectivity index (χ2n) is 7.67. The van der Waals surface area contributed by atoms with E-state index in [0.29, 0.717) is 11.4 Å². The van der Waals surface area contributed by atoms with E-state index in [2.05, 4.69) is 10.4 Å². The van der Waals surface area contributed by atoms with Crippen LogP contribution < -0.4 is 5.32 Å². The molecule has 0 saturated heterocycles. The van der Waals surface area contributed by atoms with E-state index in [1.807, 2.05) is 0 Å². The lowest BCUT2D eigenvalue weighted by Gasteiger charge is -2.18. The lowest BCUT2D eigenvalue weighted by Crippen LogP contribution is -2.38. The van der Waals surface area contributed by atoms with Crippen LogP contribution in [0.2, 0.25) is 0 Å². The average molecular weight is 499 g/mol. The van der Waals surface area contributed by atoms with Crippen LogP contribution in [0.4, 0.5) is 17.6 Å². The van der Waals surface area contributed by atoms with Gasteiger partial charge in [-0.05, 0) is 61.9 Å². The fourth-order valence-electron chi connectivity index (χ4n) is 3.33. The molecule has 0 spiro atoms. The van der Waals surface area contributed by atoms with Gasteiger partial charge in [-0.3, -0.25) is 4.79 Å². The molecule has 182 valence electrons. The minimum atomic E-state index is -4.69. The summed E-state index contributed by atoms with van der Waals surface area (Å²) in [5.74, 6) is -1.42. The highest BCUT2D eigenvalue weighted by Gasteiger charge is 2.34. The van der Waals surface area contributed by atoms with Gasteiger partial charge in [-0.25, -0.2) is 17.5 Å². The molecule has 0 saturated carbocycles. The molecular formula is C22H22F4N4O3S. The Morgan fingerprint density at radius 2 is 1.74 bits per heavy atom. The van der Waals surface area contributed by atoms with Crippen LogP contribution in [0.25, 0.3) is 5.69 Å². The lowest BCUT2D eigenvalue weighted by atomic mass is 10.1. The summed E-state index contributed by atoms with van der Waals surface area (Å²) in [5.41, 5.74) is 0.414. The van der Waals surface area contributed by atoms with E-state index in [1.165, 1.54) is 16.8 Å². The second-order valence-corrected chi connectivity index (χ2v) is 9.71. The Morgan fingerprint density at radius 1 is 1.09 bits per heavy atom. The van der Waals surface area contributed by atoms with Gasteiger partial charge in [-0.2, -0.15) is 22.6 Å². The van der Waals surface area contributed by atoms with Gasteiger partial charge in [0.05, 0.1) is 28.4 Å². The summed E-state index contributed by atoms with van der Waals surface area (Å²) in [7, 11) is -2.95. The number of hydrogen-bond donors (Lipinski definition) is 1. The van der Waals surface area contributed by atoms with Gasteiger partial charge in [0, 0.05) is 19.3 Å². The number of nitrogens with zero attached hydrogens (tertiary/aromatic N) is 3. The predicted octanol–water partition coefficient (Wildman–Crippen LogP) is 3.58. The maximum atomic E-state index is 13.7. The van der Waals surface area contributed by atoms with Crippen molar-refractivity contribution in [2.75, 3.05) is 13.6 Å². The Bertz CT molecular complexity index is 1300. The third kappa shape index (κ3) is 5.62. The van der Waals surface area contributed by atoms with Gasteiger partial charge in [0.25, 0.3) is 0 Å². The van der Waals surface area contributed by atoms with Gasteiger partial charge < -0.3 is 5.32 Å². The van der Waals surface area contributed by atoms with Crippen LogP contribution in [0, 0.1) is 19.7 Å². The van der Waals surface area contributed by atoms with E-state index in [1.54, 1.807) is 19.9 Å². The van der Waals surface area contributed by atoms with Crippen LogP contribution in [-0.2, 0) is 27.5 Å². The van der Waals surface area contributed by atoms with Crippen molar-refractivity contribution >= 4 is 15.9 Å². The van der Waals surface area contributed by atoms with E-state index < -0.39 is 46.6 Å². The third-order valence-corrected chi connectivity index (χ3v) is 6.83. The highest BCUT2D eigenvalue weighted by molar-refractivity contribution is 7.89. The third-order valence-electron chi connectivity index (χ3n) is 5.02. The first-order chi connectivity index (χ1) is 15.8. The Balaban J connectivity index is 1.74. The van der Waals surface area contributed by atoms with Crippen molar-refractivity contribution in [3.05, 3.63) is 76.9 Å². The van der Waals surface area contributed by atoms with E-state index in [0.717, 1.165) is 41.7 Å². The second kappa shape index (κ2) is 9.55. The molecule has 2 aromatic carbocycles.